The smallest absolute Gasteiger partial charge is 0.228 e. The average Bonchev–Trinajstić information content (AvgIpc) is 2.85. The number of ether oxygens (including phenoxy) is 2. The molecule has 0 saturated carbocycles. The summed E-state index contributed by atoms with van der Waals surface area (Å²) in [6.45, 7) is 8.48. The summed E-state index contributed by atoms with van der Waals surface area (Å²) < 4.78 is 12.2. The minimum atomic E-state index is -0.485. The zero-order valence-electron chi connectivity index (χ0n) is 19.1. The molecule has 0 bridgehead atoms. The maximum Gasteiger partial charge on any atom is 0.228 e. The molecule has 2 fully saturated rings. The van der Waals surface area contributed by atoms with Gasteiger partial charge in [0.1, 0.15) is 5.84 Å². The van der Waals surface area contributed by atoms with Gasteiger partial charge in [-0.3, -0.25) is 0 Å². The molecule has 174 valence electrons. The average molecular weight is 450 g/mol. The van der Waals surface area contributed by atoms with Gasteiger partial charge in [-0.05, 0) is 0 Å². The van der Waals surface area contributed by atoms with E-state index >= 15 is 0 Å². The highest BCUT2D eigenvalue weighted by molar-refractivity contribution is 5.95. The lowest BCUT2D eigenvalue weighted by Gasteiger charge is -2.42. The summed E-state index contributed by atoms with van der Waals surface area (Å²) in [6, 6.07) is 0. The molecule has 3 N–H and O–H groups in total. The minimum absolute atomic E-state index is 0.400. The van der Waals surface area contributed by atoms with E-state index in [0.29, 0.717) is 25.1 Å². The molecule has 1 aromatic heterocycles. The first kappa shape index (κ1) is 20.7. The van der Waals surface area contributed by atoms with Gasteiger partial charge in [0.05, 0.1) is 18.9 Å². The number of allylic oxidation sites excluding steroid dienone is 3. The standard InChI is InChI=1S/C24H31N7O2/c1-16-13-20(27-15-19(16)31-9-7-25-8-10-31)29-23-28-14-18-17-3-2-6-26-22(17)33-24(21(18)30-23)4-11-32-12-5-24/h2-3,14-16,25-26H,4-13H2,1H3,(H,27,28,29,30). The molecule has 1 aromatic rings. The lowest BCUT2D eigenvalue weighted by atomic mass is 9.83. The van der Waals surface area contributed by atoms with E-state index in [-0.39, 0.29) is 0 Å². The second kappa shape index (κ2) is 8.46. The van der Waals surface area contributed by atoms with Crippen molar-refractivity contribution >= 4 is 17.4 Å². The third-order valence-corrected chi connectivity index (χ3v) is 7.11. The Morgan fingerprint density at radius 3 is 2.88 bits per heavy atom. The van der Waals surface area contributed by atoms with Gasteiger partial charge in [-0.2, -0.15) is 0 Å². The van der Waals surface area contributed by atoms with E-state index in [4.69, 9.17) is 19.5 Å². The van der Waals surface area contributed by atoms with Crippen LogP contribution in [-0.4, -0.2) is 66.6 Å². The number of aliphatic imine (C=N–C) groups is 1. The van der Waals surface area contributed by atoms with Gasteiger partial charge in [-0.1, -0.05) is 19.1 Å². The zero-order valence-corrected chi connectivity index (χ0v) is 19.1. The molecule has 6 rings (SSSR count). The van der Waals surface area contributed by atoms with E-state index in [1.165, 1.54) is 5.70 Å². The van der Waals surface area contributed by atoms with E-state index < -0.39 is 5.60 Å². The molecule has 1 atom stereocenters. The largest absolute Gasteiger partial charge is 0.465 e. The number of nitrogens with one attached hydrogen (secondary N) is 3. The molecule has 1 spiro atoms. The van der Waals surface area contributed by atoms with Crippen molar-refractivity contribution in [2.75, 3.05) is 51.3 Å². The number of dihydropyridines is 1. The number of hydrogen-bond acceptors (Lipinski definition) is 9. The molecular weight excluding hydrogens is 418 g/mol. The number of amidine groups is 1. The van der Waals surface area contributed by atoms with Crippen molar-refractivity contribution in [3.8, 4) is 0 Å². The second-order valence-electron chi connectivity index (χ2n) is 9.29. The van der Waals surface area contributed by atoms with Crippen LogP contribution in [0.15, 0.2) is 41.1 Å². The Balaban J connectivity index is 1.29. The van der Waals surface area contributed by atoms with Gasteiger partial charge in [0.15, 0.2) is 11.5 Å². The van der Waals surface area contributed by atoms with Crippen molar-refractivity contribution in [2.45, 2.75) is 31.8 Å². The Morgan fingerprint density at radius 2 is 2.06 bits per heavy atom. The molecule has 0 radical (unpaired) electrons. The minimum Gasteiger partial charge on any atom is -0.465 e. The quantitative estimate of drug-likeness (QED) is 0.631. The van der Waals surface area contributed by atoms with Crippen LogP contribution in [-0.2, 0) is 15.1 Å². The van der Waals surface area contributed by atoms with Crippen molar-refractivity contribution in [1.29, 1.82) is 0 Å². The van der Waals surface area contributed by atoms with Crippen LogP contribution in [0, 0.1) is 5.92 Å². The Hall–Kier alpha value is -2.91. The molecule has 1 unspecified atom stereocenters. The van der Waals surface area contributed by atoms with Crippen LogP contribution in [0.5, 0.6) is 0 Å². The fourth-order valence-corrected chi connectivity index (χ4v) is 5.32. The van der Waals surface area contributed by atoms with Gasteiger partial charge < -0.3 is 30.3 Å². The number of piperazine rings is 1. The van der Waals surface area contributed by atoms with Crippen molar-refractivity contribution in [2.24, 2.45) is 10.9 Å². The summed E-state index contributed by atoms with van der Waals surface area (Å²) in [4.78, 5) is 16.8. The summed E-state index contributed by atoms with van der Waals surface area (Å²) >= 11 is 0. The topological polar surface area (TPSA) is 95.9 Å². The number of aromatic nitrogens is 2. The Morgan fingerprint density at radius 1 is 1.21 bits per heavy atom. The zero-order chi connectivity index (χ0) is 22.3. The molecular formula is C24H31N7O2. The molecule has 0 aromatic carbocycles. The molecule has 5 aliphatic rings. The molecule has 2 saturated heterocycles. The lowest BCUT2D eigenvalue weighted by molar-refractivity contribution is -0.0964. The number of rotatable bonds is 2. The summed E-state index contributed by atoms with van der Waals surface area (Å²) in [5.74, 6) is 2.70. The summed E-state index contributed by atoms with van der Waals surface area (Å²) in [5.41, 5.74) is 3.83. The van der Waals surface area contributed by atoms with Crippen LogP contribution in [0.4, 0.5) is 5.95 Å². The molecule has 9 nitrogen and oxygen atoms in total. The van der Waals surface area contributed by atoms with Gasteiger partial charge in [-0.15, -0.1) is 0 Å². The highest BCUT2D eigenvalue weighted by Crippen LogP contribution is 2.45. The highest BCUT2D eigenvalue weighted by atomic mass is 16.5. The Kier molecular flexibility index (Phi) is 5.30. The fraction of sp³-hybridized carbons (Fsp3) is 0.542. The maximum atomic E-state index is 6.56. The highest BCUT2D eigenvalue weighted by Gasteiger charge is 2.45. The van der Waals surface area contributed by atoms with Gasteiger partial charge in [0.2, 0.25) is 5.95 Å². The van der Waals surface area contributed by atoms with E-state index in [1.54, 1.807) is 0 Å². The van der Waals surface area contributed by atoms with Crippen molar-refractivity contribution in [1.82, 2.24) is 25.5 Å². The van der Waals surface area contributed by atoms with Crippen molar-refractivity contribution in [3.05, 3.63) is 47.4 Å². The first-order chi connectivity index (χ1) is 16.2. The van der Waals surface area contributed by atoms with Gasteiger partial charge in [0, 0.05) is 87.1 Å². The Labute approximate surface area is 194 Å². The van der Waals surface area contributed by atoms with E-state index in [9.17, 15) is 0 Å². The number of anilines is 1. The van der Waals surface area contributed by atoms with Crippen LogP contribution >= 0.6 is 0 Å². The van der Waals surface area contributed by atoms with Crippen LogP contribution < -0.4 is 16.0 Å². The normalized spacial score (nSPS) is 26.0. The maximum absolute atomic E-state index is 6.56. The summed E-state index contributed by atoms with van der Waals surface area (Å²) in [5, 5.41) is 10.2. The monoisotopic (exact) mass is 449 g/mol. The number of nitrogens with zero attached hydrogens (tertiary/aromatic N) is 4. The van der Waals surface area contributed by atoms with Gasteiger partial charge in [0.25, 0.3) is 0 Å². The molecule has 0 aliphatic carbocycles. The van der Waals surface area contributed by atoms with Crippen LogP contribution in [0.3, 0.4) is 0 Å². The predicted molar refractivity (Wildman–Crippen MR) is 126 cm³/mol. The third kappa shape index (κ3) is 3.79. The van der Waals surface area contributed by atoms with E-state index in [0.717, 1.165) is 80.5 Å². The van der Waals surface area contributed by atoms with Gasteiger partial charge >= 0.3 is 0 Å². The number of hydrogen-bond donors (Lipinski definition) is 3. The van der Waals surface area contributed by atoms with Crippen LogP contribution in [0.1, 0.15) is 37.4 Å². The first-order valence-corrected chi connectivity index (χ1v) is 12.0. The first-order valence-electron chi connectivity index (χ1n) is 12.0. The van der Waals surface area contributed by atoms with Crippen LogP contribution in [0.2, 0.25) is 0 Å². The summed E-state index contributed by atoms with van der Waals surface area (Å²) in [7, 11) is 0. The lowest BCUT2D eigenvalue weighted by Crippen LogP contribution is -2.44. The molecule has 6 heterocycles. The third-order valence-electron chi connectivity index (χ3n) is 7.11. The fourth-order valence-electron chi connectivity index (χ4n) is 5.32. The van der Waals surface area contributed by atoms with E-state index in [1.807, 2.05) is 12.4 Å². The predicted octanol–water partition coefficient (Wildman–Crippen LogP) is 1.94. The van der Waals surface area contributed by atoms with Crippen LogP contribution in [0.25, 0.3) is 5.57 Å². The number of fused-ring (bicyclic) bond motifs is 3. The van der Waals surface area contributed by atoms with E-state index in [2.05, 4.69) is 44.9 Å². The van der Waals surface area contributed by atoms with Crippen molar-refractivity contribution < 1.29 is 9.47 Å². The molecule has 33 heavy (non-hydrogen) atoms. The summed E-state index contributed by atoms with van der Waals surface area (Å²) in [6.07, 6.45) is 10.5. The van der Waals surface area contributed by atoms with Crippen molar-refractivity contribution in [3.63, 3.8) is 0 Å². The Bertz CT molecular complexity index is 1050. The molecule has 5 aliphatic heterocycles. The SMILES string of the molecule is CC1CC(Nc2ncc3c(n2)C2(CCOCC2)OC2=C3C=CCN2)=NC=C1N1CCNCC1. The second-order valence-corrected chi connectivity index (χ2v) is 9.29. The molecule has 0 amide bonds. The van der Waals surface area contributed by atoms with Gasteiger partial charge in [-0.25, -0.2) is 15.0 Å². The molecule has 9 heteroatoms.